The van der Waals surface area contributed by atoms with Crippen molar-refractivity contribution in [3.05, 3.63) is 22.7 Å². The van der Waals surface area contributed by atoms with Crippen molar-refractivity contribution in [2.45, 2.75) is 6.92 Å². The summed E-state index contributed by atoms with van der Waals surface area (Å²) >= 11 is 1.51. The fourth-order valence-corrected chi connectivity index (χ4v) is 2.22. The molecule has 2 rings (SSSR count). The van der Waals surface area contributed by atoms with E-state index in [0.717, 1.165) is 9.71 Å². The quantitative estimate of drug-likeness (QED) is 0.662. The van der Waals surface area contributed by atoms with Gasteiger partial charge in [0.25, 0.3) is 0 Å². The maximum atomic E-state index is 9.68. The molecule has 0 saturated heterocycles. The van der Waals surface area contributed by atoms with E-state index >= 15 is 0 Å². The Labute approximate surface area is 91.0 Å². The van der Waals surface area contributed by atoms with Gasteiger partial charge in [-0.15, -0.1) is 11.3 Å². The highest BCUT2D eigenvalue weighted by atomic mass is 32.1. The normalized spacial score (nSPS) is 10.0. The minimum Gasteiger partial charge on any atom is -0.506 e. The molecule has 0 aliphatic rings. The number of aromatic hydroxyl groups is 1. The molecule has 1 aromatic carbocycles. The molecule has 4 heteroatoms. The highest BCUT2D eigenvalue weighted by Gasteiger charge is 2.06. The number of hydrogen-bond acceptors (Lipinski definition) is 4. The Bertz CT molecular complexity index is 563. The van der Waals surface area contributed by atoms with Crippen molar-refractivity contribution in [2.24, 2.45) is 0 Å². The number of phenolic OH excluding ortho intramolecular Hbond substituents is 1. The molecule has 0 unspecified atom stereocenters. The van der Waals surface area contributed by atoms with Gasteiger partial charge in [0, 0.05) is 5.56 Å². The van der Waals surface area contributed by atoms with Crippen LogP contribution in [-0.2, 0) is 0 Å². The van der Waals surface area contributed by atoms with Crippen LogP contribution in [0.15, 0.2) is 12.1 Å². The molecule has 0 atom stereocenters. The molecule has 2 N–H and O–H groups in total. The molecule has 0 fully saturated rings. The summed E-state index contributed by atoms with van der Waals surface area (Å²) in [6.07, 6.45) is 0. The minimum absolute atomic E-state index is 0.138. The first-order chi connectivity index (χ1) is 7.20. The first kappa shape index (κ1) is 9.97. The Balaban J connectivity index is 2.61. The number of aromatic nitrogens is 1. The van der Waals surface area contributed by atoms with E-state index in [0.29, 0.717) is 11.1 Å². The third-order valence-corrected chi connectivity index (χ3v) is 2.81. The van der Waals surface area contributed by atoms with Gasteiger partial charge in [0.05, 0.1) is 9.71 Å². The maximum Gasteiger partial charge on any atom is 0.143 e. The Morgan fingerprint density at radius 1 is 1.47 bits per heavy atom. The summed E-state index contributed by atoms with van der Waals surface area (Å²) in [5.74, 6) is 5.44. The number of thiazole rings is 1. The van der Waals surface area contributed by atoms with E-state index in [4.69, 9.17) is 5.11 Å². The summed E-state index contributed by atoms with van der Waals surface area (Å²) in [5, 5.41) is 19.2. The Morgan fingerprint density at radius 2 is 2.27 bits per heavy atom. The summed E-state index contributed by atoms with van der Waals surface area (Å²) in [7, 11) is 0. The summed E-state index contributed by atoms with van der Waals surface area (Å²) in [5.41, 5.74) is 1.31. The first-order valence-electron chi connectivity index (χ1n) is 4.40. The second-order valence-corrected chi connectivity index (χ2v) is 4.27. The lowest BCUT2D eigenvalue weighted by atomic mass is 10.2. The highest BCUT2D eigenvalue weighted by molar-refractivity contribution is 7.18. The van der Waals surface area contributed by atoms with Gasteiger partial charge in [-0.05, 0) is 19.1 Å². The Morgan fingerprint density at radius 3 is 3.00 bits per heavy atom. The highest BCUT2D eigenvalue weighted by Crippen LogP contribution is 2.29. The lowest BCUT2D eigenvalue weighted by molar-refractivity contribution is 0.350. The summed E-state index contributed by atoms with van der Waals surface area (Å²) in [6, 6.07) is 3.42. The smallest absolute Gasteiger partial charge is 0.143 e. The average molecular weight is 219 g/mol. The molecule has 3 nitrogen and oxygen atoms in total. The lowest BCUT2D eigenvalue weighted by Crippen LogP contribution is -1.78. The van der Waals surface area contributed by atoms with E-state index in [1.807, 2.05) is 13.0 Å². The number of aliphatic hydroxyl groups excluding tert-OH is 1. The molecular weight excluding hydrogens is 210 g/mol. The van der Waals surface area contributed by atoms with Crippen LogP contribution in [0.4, 0.5) is 0 Å². The van der Waals surface area contributed by atoms with Crippen LogP contribution in [0.2, 0.25) is 0 Å². The van der Waals surface area contributed by atoms with E-state index in [1.165, 1.54) is 11.3 Å². The number of rotatable bonds is 0. The predicted octanol–water partition coefficient (Wildman–Crippen LogP) is 1.65. The third-order valence-electron chi connectivity index (χ3n) is 1.89. The molecule has 1 heterocycles. The van der Waals surface area contributed by atoms with Crippen LogP contribution in [0.25, 0.3) is 10.2 Å². The fourth-order valence-electron chi connectivity index (χ4n) is 1.34. The lowest BCUT2D eigenvalue weighted by Gasteiger charge is -1.94. The van der Waals surface area contributed by atoms with Crippen LogP contribution >= 0.6 is 11.3 Å². The average Bonchev–Trinajstić information content (AvgIpc) is 2.56. The number of aliphatic hydroxyl groups is 1. The second kappa shape index (κ2) is 3.89. The topological polar surface area (TPSA) is 53.4 Å². The van der Waals surface area contributed by atoms with Gasteiger partial charge in [-0.3, -0.25) is 0 Å². The third kappa shape index (κ3) is 1.94. The van der Waals surface area contributed by atoms with Gasteiger partial charge < -0.3 is 10.2 Å². The van der Waals surface area contributed by atoms with Crippen LogP contribution in [-0.4, -0.2) is 21.8 Å². The van der Waals surface area contributed by atoms with E-state index in [2.05, 4.69) is 16.8 Å². The largest absolute Gasteiger partial charge is 0.506 e. The van der Waals surface area contributed by atoms with Crippen molar-refractivity contribution < 1.29 is 10.2 Å². The number of benzene rings is 1. The summed E-state index contributed by atoms with van der Waals surface area (Å²) in [4.78, 5) is 4.21. The summed E-state index contributed by atoms with van der Waals surface area (Å²) in [6.45, 7) is 1.71. The van der Waals surface area contributed by atoms with Crippen molar-refractivity contribution >= 4 is 21.6 Å². The van der Waals surface area contributed by atoms with Crippen molar-refractivity contribution in [3.63, 3.8) is 0 Å². The van der Waals surface area contributed by atoms with Crippen molar-refractivity contribution in [2.75, 3.05) is 6.61 Å². The molecule has 15 heavy (non-hydrogen) atoms. The summed E-state index contributed by atoms with van der Waals surface area (Å²) < 4.78 is 0.912. The minimum atomic E-state index is -0.180. The van der Waals surface area contributed by atoms with Crippen molar-refractivity contribution in [1.29, 1.82) is 0 Å². The predicted molar refractivity (Wildman–Crippen MR) is 60.0 cm³/mol. The molecule has 0 saturated carbocycles. The SMILES string of the molecule is Cc1nc2c(O)cc(C#CCO)cc2s1. The number of phenols is 1. The molecule has 1 aromatic heterocycles. The fraction of sp³-hybridized carbons (Fsp3) is 0.182. The zero-order chi connectivity index (χ0) is 10.8. The Hall–Kier alpha value is -1.57. The number of hydrogen-bond donors (Lipinski definition) is 2. The van der Waals surface area contributed by atoms with Gasteiger partial charge in [0.15, 0.2) is 0 Å². The van der Waals surface area contributed by atoms with Crippen LogP contribution in [0.1, 0.15) is 10.6 Å². The molecule has 0 bridgehead atoms. The number of nitrogens with zero attached hydrogens (tertiary/aromatic N) is 1. The first-order valence-corrected chi connectivity index (χ1v) is 5.22. The molecular formula is C11H9NO2S. The second-order valence-electron chi connectivity index (χ2n) is 3.03. The zero-order valence-corrected chi connectivity index (χ0v) is 8.93. The number of fused-ring (bicyclic) bond motifs is 1. The maximum absolute atomic E-state index is 9.68. The molecule has 0 aliphatic carbocycles. The van der Waals surface area contributed by atoms with Crippen LogP contribution in [0.5, 0.6) is 5.75 Å². The molecule has 0 spiro atoms. The van der Waals surface area contributed by atoms with Crippen molar-refractivity contribution in [1.82, 2.24) is 4.98 Å². The standard InChI is InChI=1S/C11H9NO2S/c1-7-12-11-9(14)5-8(3-2-4-13)6-10(11)15-7/h5-6,13-14H,4H2,1H3. The molecule has 0 radical (unpaired) electrons. The van der Waals surface area contributed by atoms with Gasteiger partial charge in [-0.2, -0.15) is 0 Å². The monoisotopic (exact) mass is 219 g/mol. The molecule has 0 aliphatic heterocycles. The van der Waals surface area contributed by atoms with Crippen molar-refractivity contribution in [3.8, 4) is 17.6 Å². The van der Waals surface area contributed by atoms with E-state index in [-0.39, 0.29) is 12.4 Å². The zero-order valence-electron chi connectivity index (χ0n) is 8.11. The van der Waals surface area contributed by atoms with Gasteiger partial charge in [0.1, 0.15) is 17.9 Å². The molecule has 76 valence electrons. The number of aryl methyl sites for hydroxylation is 1. The van der Waals surface area contributed by atoms with Gasteiger partial charge in [-0.1, -0.05) is 11.8 Å². The van der Waals surface area contributed by atoms with Gasteiger partial charge >= 0.3 is 0 Å². The van der Waals surface area contributed by atoms with Crippen LogP contribution in [0, 0.1) is 18.8 Å². The molecule has 2 aromatic rings. The van der Waals surface area contributed by atoms with E-state index in [9.17, 15) is 5.11 Å². The van der Waals surface area contributed by atoms with Gasteiger partial charge in [0.2, 0.25) is 0 Å². The van der Waals surface area contributed by atoms with E-state index < -0.39 is 0 Å². The van der Waals surface area contributed by atoms with E-state index in [1.54, 1.807) is 6.07 Å². The Kier molecular flexibility index (Phi) is 2.58. The van der Waals surface area contributed by atoms with Crippen LogP contribution in [0.3, 0.4) is 0 Å². The molecule has 0 amide bonds. The van der Waals surface area contributed by atoms with Crippen LogP contribution < -0.4 is 0 Å². The van der Waals surface area contributed by atoms with Gasteiger partial charge in [-0.25, -0.2) is 4.98 Å².